The largest absolute Gasteiger partial charge is 0.344 e. The molecule has 2 heterocycles. The summed E-state index contributed by atoms with van der Waals surface area (Å²) in [6.45, 7) is 4.23. The first-order valence-electron chi connectivity index (χ1n) is 8.96. The van der Waals surface area contributed by atoms with Gasteiger partial charge in [-0.2, -0.15) is 0 Å². The van der Waals surface area contributed by atoms with Gasteiger partial charge in [0.1, 0.15) is 6.04 Å². The highest BCUT2D eigenvalue weighted by Gasteiger charge is 2.30. The van der Waals surface area contributed by atoms with E-state index in [1.54, 1.807) is 12.4 Å². The average molecular weight is 338 g/mol. The summed E-state index contributed by atoms with van der Waals surface area (Å²) in [6.07, 6.45) is 6.52. The lowest BCUT2D eigenvalue weighted by molar-refractivity contribution is -0.123. The number of nitrogens with one attached hydrogen (secondary N) is 3. The molecule has 3 N–H and O–H groups in total. The van der Waals surface area contributed by atoms with E-state index < -0.39 is 0 Å². The molecule has 3 rings (SSSR count). The zero-order valence-corrected chi connectivity index (χ0v) is 14.8. The fourth-order valence-electron chi connectivity index (χ4n) is 3.38. The van der Waals surface area contributed by atoms with Gasteiger partial charge in [-0.25, -0.2) is 5.43 Å². The highest BCUT2D eigenvalue weighted by atomic mass is 16.2. The van der Waals surface area contributed by atoms with Crippen LogP contribution in [0.3, 0.4) is 0 Å². The minimum Gasteiger partial charge on any atom is -0.344 e. The van der Waals surface area contributed by atoms with Gasteiger partial charge in [-0.05, 0) is 48.6 Å². The van der Waals surface area contributed by atoms with Crippen LogP contribution in [0.2, 0.25) is 0 Å². The summed E-state index contributed by atoms with van der Waals surface area (Å²) < 4.78 is 0. The van der Waals surface area contributed by atoms with Gasteiger partial charge in [0.15, 0.2) is 0 Å². The van der Waals surface area contributed by atoms with Gasteiger partial charge in [-0.1, -0.05) is 37.6 Å². The lowest BCUT2D eigenvalue weighted by Gasteiger charge is -2.23. The Kier molecular flexibility index (Phi) is 5.79. The molecule has 0 bridgehead atoms. The van der Waals surface area contributed by atoms with E-state index in [0.29, 0.717) is 6.04 Å². The Bertz CT molecular complexity index is 704. The van der Waals surface area contributed by atoms with Crippen molar-refractivity contribution in [3.63, 3.8) is 0 Å². The first-order chi connectivity index (χ1) is 12.2. The maximum absolute atomic E-state index is 12.8. The van der Waals surface area contributed by atoms with Gasteiger partial charge in [0.05, 0.1) is 6.04 Å². The molecule has 0 radical (unpaired) electrons. The van der Waals surface area contributed by atoms with Crippen LogP contribution in [0.25, 0.3) is 0 Å². The maximum Gasteiger partial charge on any atom is 0.239 e. The fourth-order valence-corrected chi connectivity index (χ4v) is 3.38. The molecule has 1 saturated heterocycles. The van der Waals surface area contributed by atoms with Gasteiger partial charge in [0.25, 0.3) is 0 Å². The second kappa shape index (κ2) is 8.23. The smallest absolute Gasteiger partial charge is 0.239 e. The normalized spacial score (nSPS) is 21.0. The van der Waals surface area contributed by atoms with E-state index in [2.05, 4.69) is 47.1 Å². The topological polar surface area (TPSA) is 66.0 Å². The predicted octanol–water partition coefficient (Wildman–Crippen LogP) is 2.63. The van der Waals surface area contributed by atoms with Gasteiger partial charge in [-0.15, -0.1) is 0 Å². The summed E-state index contributed by atoms with van der Waals surface area (Å²) >= 11 is 0. The molecule has 1 aromatic carbocycles. The van der Waals surface area contributed by atoms with Crippen molar-refractivity contribution in [2.45, 2.75) is 51.2 Å². The number of nitrogens with zero attached hydrogens (tertiary/aromatic N) is 1. The second-order valence-corrected chi connectivity index (χ2v) is 6.64. The number of aromatic nitrogens is 1. The highest BCUT2D eigenvalue weighted by Crippen LogP contribution is 2.25. The number of rotatable bonds is 6. The number of carbonyl (C=O) groups excluding carboxylic acids is 1. The van der Waals surface area contributed by atoms with Crippen LogP contribution in [0.5, 0.6) is 0 Å². The molecule has 0 spiro atoms. The number of hydrogen-bond donors (Lipinski definition) is 3. The Balaban J connectivity index is 1.79. The minimum atomic E-state index is -0.204. The van der Waals surface area contributed by atoms with Crippen molar-refractivity contribution in [3.05, 3.63) is 65.5 Å². The van der Waals surface area contributed by atoms with Gasteiger partial charge in [0, 0.05) is 18.4 Å². The van der Waals surface area contributed by atoms with Crippen molar-refractivity contribution in [2.24, 2.45) is 0 Å². The van der Waals surface area contributed by atoms with Crippen LogP contribution < -0.4 is 16.2 Å². The quantitative estimate of drug-likeness (QED) is 0.757. The van der Waals surface area contributed by atoms with Gasteiger partial charge in [-0.3, -0.25) is 15.2 Å². The van der Waals surface area contributed by atoms with Crippen LogP contribution in [0.4, 0.5) is 0 Å². The Labute approximate surface area is 149 Å². The summed E-state index contributed by atoms with van der Waals surface area (Å²) in [5, 5.41) is 3.23. The molecule has 0 saturated carbocycles. The van der Waals surface area contributed by atoms with Crippen LogP contribution in [0.1, 0.15) is 48.9 Å². The zero-order chi connectivity index (χ0) is 17.6. The van der Waals surface area contributed by atoms with Gasteiger partial charge < -0.3 is 5.32 Å². The molecule has 132 valence electrons. The molecule has 1 amide bonds. The van der Waals surface area contributed by atoms with E-state index in [9.17, 15) is 4.79 Å². The highest BCUT2D eigenvalue weighted by molar-refractivity contribution is 5.83. The van der Waals surface area contributed by atoms with Crippen molar-refractivity contribution >= 4 is 5.91 Å². The van der Waals surface area contributed by atoms with Crippen LogP contribution in [-0.4, -0.2) is 23.0 Å². The average Bonchev–Trinajstić information content (AvgIpc) is 3.10. The number of aryl methyl sites for hydroxylation is 1. The van der Waals surface area contributed by atoms with E-state index in [1.807, 2.05) is 24.3 Å². The van der Waals surface area contributed by atoms with E-state index in [0.717, 1.165) is 36.0 Å². The Morgan fingerprint density at radius 2 is 2.00 bits per heavy atom. The van der Waals surface area contributed by atoms with Crippen LogP contribution in [0.15, 0.2) is 48.8 Å². The first-order valence-corrected chi connectivity index (χ1v) is 8.96. The third-order valence-electron chi connectivity index (χ3n) is 4.76. The molecule has 1 aliphatic heterocycles. The lowest BCUT2D eigenvalue weighted by Crippen LogP contribution is -2.44. The molecule has 25 heavy (non-hydrogen) atoms. The molecule has 3 unspecified atom stereocenters. The van der Waals surface area contributed by atoms with Crippen molar-refractivity contribution in [1.82, 2.24) is 21.2 Å². The molecule has 5 nitrogen and oxygen atoms in total. The molecule has 1 aromatic heterocycles. The molecular formula is C20H26N4O. The Hall–Kier alpha value is -2.24. The molecular weight excluding hydrogens is 312 g/mol. The number of hydrazine groups is 1. The van der Waals surface area contributed by atoms with Crippen LogP contribution in [-0.2, 0) is 4.79 Å². The van der Waals surface area contributed by atoms with E-state index in [4.69, 9.17) is 0 Å². The summed E-state index contributed by atoms with van der Waals surface area (Å²) in [5.41, 5.74) is 9.68. The monoisotopic (exact) mass is 338 g/mol. The summed E-state index contributed by atoms with van der Waals surface area (Å²) in [6, 6.07) is 12.1. The lowest BCUT2D eigenvalue weighted by atomic mass is 9.95. The van der Waals surface area contributed by atoms with Crippen molar-refractivity contribution < 1.29 is 4.79 Å². The van der Waals surface area contributed by atoms with E-state index in [1.165, 1.54) is 0 Å². The van der Waals surface area contributed by atoms with Gasteiger partial charge in [0.2, 0.25) is 5.91 Å². The van der Waals surface area contributed by atoms with Crippen LogP contribution in [0, 0.1) is 6.92 Å². The zero-order valence-electron chi connectivity index (χ0n) is 14.8. The molecule has 0 aliphatic carbocycles. The molecule has 1 fully saturated rings. The van der Waals surface area contributed by atoms with Crippen molar-refractivity contribution in [3.8, 4) is 0 Å². The number of carbonyl (C=O) groups is 1. The van der Waals surface area contributed by atoms with Crippen LogP contribution >= 0.6 is 0 Å². The standard InChI is InChI=1S/C20H26N4O/c1-3-6-16-13-18(24-23-16)20(25)22-19(15-9-11-21-12-10-15)17-8-5-4-7-14(17)2/h4-5,7-12,16,18-19,23-24H,3,6,13H2,1-2H3,(H,22,25). The van der Waals surface area contributed by atoms with Crippen molar-refractivity contribution in [2.75, 3.05) is 0 Å². The maximum atomic E-state index is 12.8. The van der Waals surface area contributed by atoms with Crippen molar-refractivity contribution in [1.29, 1.82) is 0 Å². The summed E-state index contributed by atoms with van der Waals surface area (Å²) in [4.78, 5) is 16.9. The summed E-state index contributed by atoms with van der Waals surface area (Å²) in [7, 11) is 0. The third-order valence-corrected chi connectivity index (χ3v) is 4.76. The molecule has 1 aliphatic rings. The molecule has 3 atom stereocenters. The van der Waals surface area contributed by atoms with Gasteiger partial charge >= 0.3 is 0 Å². The number of hydrogen-bond acceptors (Lipinski definition) is 4. The summed E-state index contributed by atoms with van der Waals surface area (Å²) in [5.74, 6) is 0.0242. The molecule has 5 heteroatoms. The number of amides is 1. The third kappa shape index (κ3) is 4.24. The van der Waals surface area contributed by atoms with E-state index >= 15 is 0 Å². The SMILES string of the molecule is CCCC1CC(C(=O)NC(c2ccncc2)c2ccccc2C)NN1. The number of pyridine rings is 1. The predicted molar refractivity (Wildman–Crippen MR) is 98.8 cm³/mol. The second-order valence-electron chi connectivity index (χ2n) is 6.64. The first kappa shape index (κ1) is 17.6. The fraction of sp³-hybridized carbons (Fsp3) is 0.400. The van der Waals surface area contributed by atoms with E-state index in [-0.39, 0.29) is 18.0 Å². The Morgan fingerprint density at radius 1 is 1.24 bits per heavy atom. The minimum absolute atomic E-state index is 0.0242. The Morgan fingerprint density at radius 3 is 2.72 bits per heavy atom. The molecule has 2 aromatic rings. The number of benzene rings is 1.